The molecule has 1 aliphatic heterocycles. The van der Waals surface area contributed by atoms with E-state index >= 15 is 0 Å². The number of fused-ring (bicyclic) bond motifs is 1. The van der Waals surface area contributed by atoms with Crippen LogP contribution in [0.2, 0.25) is 0 Å². The molecule has 68 valence electrons. The molecule has 2 nitrogen and oxygen atoms in total. The molecular formula is C11H12O2. The van der Waals surface area contributed by atoms with Gasteiger partial charge in [0.05, 0.1) is 6.61 Å². The number of Topliss-reactive ketones (excluding diaryl/α,β-unsaturated/α-hetero) is 1. The summed E-state index contributed by atoms with van der Waals surface area (Å²) in [5.74, 6) is 0.202. The number of hydrogen-bond acceptors (Lipinski definition) is 2. The van der Waals surface area contributed by atoms with Crippen LogP contribution in [-0.4, -0.2) is 18.0 Å². The molecule has 13 heavy (non-hydrogen) atoms. The summed E-state index contributed by atoms with van der Waals surface area (Å²) < 4.78 is 5.39. The van der Waals surface area contributed by atoms with Gasteiger partial charge in [-0.15, -0.1) is 0 Å². The summed E-state index contributed by atoms with van der Waals surface area (Å²) in [5.41, 5.74) is 3.06. The van der Waals surface area contributed by atoms with Crippen LogP contribution in [-0.2, 0) is 9.53 Å². The highest BCUT2D eigenvalue weighted by Gasteiger charge is 2.57. The van der Waals surface area contributed by atoms with E-state index in [-0.39, 0.29) is 5.78 Å². The summed E-state index contributed by atoms with van der Waals surface area (Å²) >= 11 is 0. The predicted molar refractivity (Wildman–Crippen MR) is 48.3 cm³/mol. The smallest absolute Gasteiger partial charge is 0.197 e. The maximum Gasteiger partial charge on any atom is 0.197 e. The molecule has 0 radical (unpaired) electrons. The Hall–Kier alpha value is -0.890. The van der Waals surface area contributed by atoms with E-state index in [4.69, 9.17) is 4.74 Å². The summed E-state index contributed by atoms with van der Waals surface area (Å²) in [6.45, 7) is 2.52. The lowest BCUT2D eigenvalue weighted by Gasteiger charge is -2.18. The van der Waals surface area contributed by atoms with Crippen LogP contribution in [0.3, 0.4) is 0 Å². The lowest BCUT2D eigenvalue weighted by molar-refractivity contribution is -0.119. The second-order valence-electron chi connectivity index (χ2n) is 4.13. The zero-order valence-electron chi connectivity index (χ0n) is 7.72. The number of ketones is 1. The Kier molecular flexibility index (Phi) is 1.23. The van der Waals surface area contributed by atoms with Crippen LogP contribution in [0.5, 0.6) is 0 Å². The summed E-state index contributed by atoms with van der Waals surface area (Å²) in [4.78, 5) is 11.8. The highest BCUT2D eigenvalue weighted by Crippen LogP contribution is 2.48. The van der Waals surface area contributed by atoms with Crippen LogP contribution >= 0.6 is 0 Å². The van der Waals surface area contributed by atoms with Crippen molar-refractivity contribution >= 4 is 5.78 Å². The second kappa shape index (κ2) is 2.13. The van der Waals surface area contributed by atoms with E-state index in [2.05, 4.69) is 6.08 Å². The summed E-state index contributed by atoms with van der Waals surface area (Å²) in [5, 5.41) is 0. The Morgan fingerprint density at radius 2 is 2.23 bits per heavy atom. The standard InChI is InChI=1S/C11H12O2/c1-7-5-8-3-2-4-9(8)11(6-13-11)10(7)12/h5H,2-4,6H2,1H3. The van der Waals surface area contributed by atoms with Crippen LogP contribution in [0.4, 0.5) is 0 Å². The van der Waals surface area contributed by atoms with E-state index in [9.17, 15) is 4.79 Å². The van der Waals surface area contributed by atoms with Gasteiger partial charge in [0.2, 0.25) is 0 Å². The number of ether oxygens (including phenoxy) is 1. The second-order valence-corrected chi connectivity index (χ2v) is 4.13. The van der Waals surface area contributed by atoms with Crippen molar-refractivity contribution in [2.75, 3.05) is 6.61 Å². The minimum absolute atomic E-state index is 0.202. The van der Waals surface area contributed by atoms with Crippen molar-refractivity contribution in [1.29, 1.82) is 0 Å². The third-order valence-electron chi connectivity index (χ3n) is 3.30. The van der Waals surface area contributed by atoms with Gasteiger partial charge in [-0.25, -0.2) is 0 Å². The van der Waals surface area contributed by atoms with Gasteiger partial charge in [-0.1, -0.05) is 6.08 Å². The van der Waals surface area contributed by atoms with Gasteiger partial charge in [-0.3, -0.25) is 4.79 Å². The lowest BCUT2D eigenvalue weighted by Crippen LogP contribution is -2.30. The van der Waals surface area contributed by atoms with Crippen LogP contribution in [0.1, 0.15) is 26.2 Å². The zero-order chi connectivity index (χ0) is 9.05. The Morgan fingerprint density at radius 3 is 2.92 bits per heavy atom. The van der Waals surface area contributed by atoms with Crippen molar-refractivity contribution in [2.24, 2.45) is 0 Å². The molecule has 2 heteroatoms. The molecule has 3 aliphatic rings. The third-order valence-corrected chi connectivity index (χ3v) is 3.30. The maximum atomic E-state index is 11.8. The fraction of sp³-hybridized carbons (Fsp3) is 0.545. The maximum absolute atomic E-state index is 11.8. The van der Waals surface area contributed by atoms with E-state index in [1.807, 2.05) is 6.92 Å². The van der Waals surface area contributed by atoms with E-state index in [0.29, 0.717) is 6.61 Å². The first-order valence-electron chi connectivity index (χ1n) is 4.83. The zero-order valence-corrected chi connectivity index (χ0v) is 7.72. The topological polar surface area (TPSA) is 29.6 Å². The van der Waals surface area contributed by atoms with Crippen molar-refractivity contribution in [1.82, 2.24) is 0 Å². The van der Waals surface area contributed by atoms with Crippen molar-refractivity contribution in [2.45, 2.75) is 31.8 Å². The molecule has 0 amide bonds. The van der Waals surface area contributed by atoms with E-state index < -0.39 is 5.60 Å². The van der Waals surface area contributed by atoms with Gasteiger partial charge >= 0.3 is 0 Å². The first-order valence-corrected chi connectivity index (χ1v) is 4.83. The Morgan fingerprint density at radius 1 is 1.46 bits per heavy atom. The average Bonchev–Trinajstić information content (AvgIpc) is 2.77. The fourth-order valence-electron chi connectivity index (χ4n) is 2.55. The number of rotatable bonds is 0. The lowest BCUT2D eigenvalue weighted by atomic mass is 9.84. The molecule has 1 spiro atoms. The molecule has 1 fully saturated rings. The summed E-state index contributed by atoms with van der Waals surface area (Å²) in [6.07, 6.45) is 5.43. The molecule has 1 saturated heterocycles. The van der Waals surface area contributed by atoms with Crippen LogP contribution in [0.25, 0.3) is 0 Å². The molecular weight excluding hydrogens is 164 g/mol. The van der Waals surface area contributed by atoms with Crippen molar-refractivity contribution in [3.63, 3.8) is 0 Å². The number of allylic oxidation sites excluding steroid dienone is 2. The van der Waals surface area contributed by atoms with Gasteiger partial charge in [-0.2, -0.15) is 0 Å². The molecule has 1 atom stereocenters. The van der Waals surface area contributed by atoms with Gasteiger partial charge in [0, 0.05) is 0 Å². The quantitative estimate of drug-likeness (QED) is 0.526. The Labute approximate surface area is 77.3 Å². The highest BCUT2D eigenvalue weighted by atomic mass is 16.6. The molecule has 0 aromatic carbocycles. The van der Waals surface area contributed by atoms with Crippen LogP contribution < -0.4 is 0 Å². The SMILES string of the molecule is CC1=CC2=C(CCC2)C2(CO2)C1=O. The first-order chi connectivity index (χ1) is 6.24. The Bertz CT molecular complexity index is 356. The van der Waals surface area contributed by atoms with Gasteiger partial charge in [0.15, 0.2) is 11.4 Å². The Balaban J connectivity index is 2.16. The number of epoxide rings is 1. The largest absolute Gasteiger partial charge is 0.356 e. The van der Waals surface area contributed by atoms with Gasteiger partial charge in [-0.05, 0) is 42.9 Å². The van der Waals surface area contributed by atoms with E-state index in [0.717, 1.165) is 18.4 Å². The van der Waals surface area contributed by atoms with E-state index in [1.165, 1.54) is 17.6 Å². The van der Waals surface area contributed by atoms with Crippen LogP contribution in [0.15, 0.2) is 22.8 Å². The minimum Gasteiger partial charge on any atom is -0.356 e. The molecule has 3 rings (SSSR count). The molecule has 2 aliphatic carbocycles. The normalized spacial score (nSPS) is 36.7. The fourth-order valence-corrected chi connectivity index (χ4v) is 2.55. The summed E-state index contributed by atoms with van der Waals surface area (Å²) in [7, 11) is 0. The number of hydrogen-bond donors (Lipinski definition) is 0. The molecule has 0 saturated carbocycles. The third kappa shape index (κ3) is 0.792. The minimum atomic E-state index is -0.468. The first kappa shape index (κ1) is 7.51. The van der Waals surface area contributed by atoms with Gasteiger partial charge in [0.1, 0.15) is 0 Å². The predicted octanol–water partition coefficient (Wildman–Crippen LogP) is 1.76. The molecule has 0 aromatic heterocycles. The average molecular weight is 176 g/mol. The van der Waals surface area contributed by atoms with Gasteiger partial charge in [0.25, 0.3) is 0 Å². The summed E-state index contributed by atoms with van der Waals surface area (Å²) in [6, 6.07) is 0. The van der Waals surface area contributed by atoms with E-state index in [1.54, 1.807) is 0 Å². The molecule has 0 N–H and O–H groups in total. The molecule has 0 bridgehead atoms. The number of carbonyl (C=O) groups is 1. The molecule has 1 unspecified atom stereocenters. The molecule has 1 heterocycles. The highest BCUT2D eigenvalue weighted by molar-refractivity contribution is 6.07. The van der Waals surface area contributed by atoms with Gasteiger partial charge < -0.3 is 4.74 Å². The van der Waals surface area contributed by atoms with Crippen molar-refractivity contribution in [3.8, 4) is 0 Å². The van der Waals surface area contributed by atoms with Crippen LogP contribution in [0, 0.1) is 0 Å². The number of carbonyl (C=O) groups excluding carboxylic acids is 1. The monoisotopic (exact) mass is 176 g/mol. The van der Waals surface area contributed by atoms with Crippen molar-refractivity contribution in [3.05, 3.63) is 22.8 Å². The van der Waals surface area contributed by atoms with Crippen molar-refractivity contribution < 1.29 is 9.53 Å². The molecule has 0 aromatic rings.